The normalized spacial score (nSPS) is 16.3. The summed E-state index contributed by atoms with van der Waals surface area (Å²) < 4.78 is 0. The maximum atomic E-state index is 6.00. The Bertz CT molecular complexity index is 1020. The second kappa shape index (κ2) is 7.63. The number of hydrogen-bond donors (Lipinski definition) is 0. The molecular weight excluding hydrogens is 377 g/mol. The van der Waals surface area contributed by atoms with Crippen LogP contribution in [-0.4, -0.2) is 15.0 Å². The number of benzene rings is 2. The molecule has 1 heterocycles. The SMILES string of the molecule is CC1CC=CC=C1c1cc(-c2ccccc2)cc(-c2nc(Cl)nc(Cl)n2)c1. The van der Waals surface area contributed by atoms with Gasteiger partial charge in [-0.05, 0) is 76.0 Å². The summed E-state index contributed by atoms with van der Waals surface area (Å²) in [6, 6.07) is 16.6. The second-order valence-corrected chi connectivity index (χ2v) is 7.23. The van der Waals surface area contributed by atoms with Gasteiger partial charge in [0.2, 0.25) is 10.6 Å². The number of hydrogen-bond acceptors (Lipinski definition) is 3. The largest absolute Gasteiger partial charge is 0.227 e. The van der Waals surface area contributed by atoms with Crippen LogP contribution < -0.4 is 0 Å². The van der Waals surface area contributed by atoms with E-state index < -0.39 is 0 Å². The summed E-state index contributed by atoms with van der Waals surface area (Å²) in [5, 5.41) is 0.176. The van der Waals surface area contributed by atoms with Gasteiger partial charge in [-0.3, -0.25) is 0 Å². The molecule has 5 heteroatoms. The Morgan fingerprint density at radius 1 is 0.815 bits per heavy atom. The molecule has 1 aliphatic rings. The highest BCUT2D eigenvalue weighted by Crippen LogP contribution is 2.35. The van der Waals surface area contributed by atoms with Gasteiger partial charge in [0.1, 0.15) is 0 Å². The molecule has 0 saturated carbocycles. The molecule has 134 valence electrons. The lowest BCUT2D eigenvalue weighted by molar-refractivity contribution is 0.758. The first-order chi connectivity index (χ1) is 13.1. The van der Waals surface area contributed by atoms with E-state index in [0.29, 0.717) is 11.7 Å². The first kappa shape index (κ1) is 17.9. The van der Waals surface area contributed by atoms with E-state index in [4.69, 9.17) is 23.2 Å². The predicted octanol–water partition coefficient (Wildman–Crippen LogP) is 6.49. The van der Waals surface area contributed by atoms with Gasteiger partial charge in [0, 0.05) is 5.56 Å². The summed E-state index contributed by atoms with van der Waals surface area (Å²) in [5.74, 6) is 0.915. The lowest BCUT2D eigenvalue weighted by Gasteiger charge is -2.19. The molecule has 1 aliphatic carbocycles. The van der Waals surface area contributed by atoms with Gasteiger partial charge < -0.3 is 0 Å². The van der Waals surface area contributed by atoms with Crippen molar-refractivity contribution in [2.75, 3.05) is 0 Å². The van der Waals surface area contributed by atoms with Crippen molar-refractivity contribution in [3.05, 3.63) is 82.9 Å². The quantitative estimate of drug-likeness (QED) is 0.510. The maximum Gasteiger partial charge on any atom is 0.227 e. The average Bonchev–Trinajstić information content (AvgIpc) is 2.68. The van der Waals surface area contributed by atoms with Gasteiger partial charge in [-0.2, -0.15) is 15.0 Å². The average molecular weight is 394 g/mol. The first-order valence-electron chi connectivity index (χ1n) is 8.75. The van der Waals surface area contributed by atoms with Crippen LogP contribution in [0.5, 0.6) is 0 Å². The van der Waals surface area contributed by atoms with Crippen molar-refractivity contribution in [1.82, 2.24) is 15.0 Å². The molecule has 27 heavy (non-hydrogen) atoms. The zero-order chi connectivity index (χ0) is 18.8. The van der Waals surface area contributed by atoms with E-state index in [1.807, 2.05) is 18.2 Å². The van der Waals surface area contributed by atoms with Gasteiger partial charge in [-0.1, -0.05) is 55.5 Å². The third kappa shape index (κ3) is 3.95. The Hall–Kier alpha value is -2.49. The summed E-state index contributed by atoms with van der Waals surface area (Å²) in [6.45, 7) is 2.24. The zero-order valence-corrected chi connectivity index (χ0v) is 16.2. The maximum absolute atomic E-state index is 6.00. The topological polar surface area (TPSA) is 38.7 Å². The van der Waals surface area contributed by atoms with Crippen molar-refractivity contribution in [2.45, 2.75) is 13.3 Å². The van der Waals surface area contributed by atoms with Crippen molar-refractivity contribution in [2.24, 2.45) is 5.92 Å². The van der Waals surface area contributed by atoms with Crippen molar-refractivity contribution in [3.63, 3.8) is 0 Å². The third-order valence-electron chi connectivity index (χ3n) is 4.64. The van der Waals surface area contributed by atoms with Gasteiger partial charge >= 0.3 is 0 Å². The minimum Gasteiger partial charge on any atom is -0.198 e. The molecule has 0 spiro atoms. The van der Waals surface area contributed by atoms with Crippen LogP contribution in [0.2, 0.25) is 10.6 Å². The fourth-order valence-corrected chi connectivity index (χ4v) is 3.67. The van der Waals surface area contributed by atoms with E-state index in [1.165, 1.54) is 5.57 Å². The molecule has 1 unspecified atom stereocenters. The van der Waals surface area contributed by atoms with E-state index in [1.54, 1.807) is 0 Å². The molecule has 1 aromatic heterocycles. The van der Waals surface area contributed by atoms with Gasteiger partial charge in [0.05, 0.1) is 0 Å². The van der Waals surface area contributed by atoms with Crippen molar-refractivity contribution < 1.29 is 0 Å². The van der Waals surface area contributed by atoms with Crippen LogP contribution in [0.1, 0.15) is 18.9 Å². The Morgan fingerprint density at radius 3 is 2.19 bits per heavy atom. The number of allylic oxidation sites excluding steroid dienone is 4. The fourth-order valence-electron chi connectivity index (χ4n) is 3.30. The smallest absolute Gasteiger partial charge is 0.198 e. The van der Waals surface area contributed by atoms with Crippen LogP contribution in [-0.2, 0) is 0 Å². The minimum absolute atomic E-state index is 0.0878. The number of aromatic nitrogens is 3. The van der Waals surface area contributed by atoms with Crippen molar-refractivity contribution in [3.8, 4) is 22.5 Å². The molecule has 0 saturated heterocycles. The lowest BCUT2D eigenvalue weighted by Crippen LogP contribution is -2.02. The number of rotatable bonds is 3. The monoisotopic (exact) mass is 393 g/mol. The molecule has 0 aliphatic heterocycles. The molecule has 0 amide bonds. The summed E-state index contributed by atoms with van der Waals surface area (Å²) in [4.78, 5) is 12.4. The highest BCUT2D eigenvalue weighted by Gasteiger charge is 2.16. The Labute approximate surface area is 168 Å². The highest BCUT2D eigenvalue weighted by molar-refractivity contribution is 6.31. The fraction of sp³-hybridized carbons (Fsp3) is 0.136. The summed E-state index contributed by atoms with van der Waals surface area (Å²) in [6.07, 6.45) is 7.51. The Kier molecular flexibility index (Phi) is 5.06. The van der Waals surface area contributed by atoms with E-state index >= 15 is 0 Å². The molecule has 3 nitrogen and oxygen atoms in total. The zero-order valence-electron chi connectivity index (χ0n) is 14.7. The van der Waals surface area contributed by atoms with Crippen LogP contribution in [0.4, 0.5) is 0 Å². The summed E-state index contributed by atoms with van der Waals surface area (Å²) >= 11 is 12.0. The van der Waals surface area contributed by atoms with Crippen molar-refractivity contribution in [1.29, 1.82) is 0 Å². The van der Waals surface area contributed by atoms with E-state index in [2.05, 4.69) is 70.4 Å². The molecule has 2 aromatic carbocycles. The molecule has 4 rings (SSSR count). The molecule has 1 atom stereocenters. The van der Waals surface area contributed by atoms with Gasteiger partial charge in [0.25, 0.3) is 0 Å². The summed E-state index contributed by atoms with van der Waals surface area (Å²) in [5.41, 5.74) is 5.53. The molecule has 3 aromatic rings. The van der Waals surface area contributed by atoms with Crippen molar-refractivity contribution >= 4 is 28.8 Å². The van der Waals surface area contributed by atoms with E-state index in [9.17, 15) is 0 Å². The van der Waals surface area contributed by atoms with Crippen LogP contribution in [0.15, 0.2) is 66.8 Å². The van der Waals surface area contributed by atoms with Crippen LogP contribution in [0, 0.1) is 5.92 Å². The van der Waals surface area contributed by atoms with Gasteiger partial charge in [-0.25, -0.2) is 0 Å². The standard InChI is InChI=1S/C22H17Cl2N3/c1-14-7-5-6-10-19(14)17-11-16(15-8-3-2-4-9-15)12-18(13-17)20-25-21(23)27-22(24)26-20/h2-6,8-14H,7H2,1H3. The second-order valence-electron chi connectivity index (χ2n) is 6.55. The van der Waals surface area contributed by atoms with Crippen LogP contribution in [0.3, 0.4) is 0 Å². The third-order valence-corrected chi connectivity index (χ3v) is 4.98. The molecule has 0 fully saturated rings. The van der Waals surface area contributed by atoms with Gasteiger partial charge in [0.15, 0.2) is 5.82 Å². The van der Waals surface area contributed by atoms with Crippen LogP contribution in [0.25, 0.3) is 28.1 Å². The van der Waals surface area contributed by atoms with E-state index in [-0.39, 0.29) is 10.6 Å². The Balaban J connectivity index is 1.92. The predicted molar refractivity (Wildman–Crippen MR) is 112 cm³/mol. The Morgan fingerprint density at radius 2 is 1.48 bits per heavy atom. The molecule has 0 bridgehead atoms. The molecule has 0 N–H and O–H groups in total. The molecular formula is C22H17Cl2N3. The number of halogens is 2. The van der Waals surface area contributed by atoms with E-state index in [0.717, 1.165) is 28.7 Å². The molecule has 0 radical (unpaired) electrons. The van der Waals surface area contributed by atoms with Crippen LogP contribution >= 0.6 is 23.2 Å². The number of nitrogens with zero attached hydrogens (tertiary/aromatic N) is 3. The lowest BCUT2D eigenvalue weighted by atomic mass is 9.86. The first-order valence-corrected chi connectivity index (χ1v) is 9.51. The summed E-state index contributed by atoms with van der Waals surface area (Å²) in [7, 11) is 0. The highest BCUT2D eigenvalue weighted by atomic mass is 35.5. The minimum atomic E-state index is 0.0878. The van der Waals surface area contributed by atoms with Gasteiger partial charge in [-0.15, -0.1) is 0 Å².